The Balaban J connectivity index is 1.59. The maximum atomic E-state index is 11.7. The smallest absolute Gasteiger partial charge is 0.329 e. The average molecular weight is 321 g/mol. The summed E-state index contributed by atoms with van der Waals surface area (Å²) in [7, 11) is 0. The average Bonchev–Trinajstić information content (AvgIpc) is 2.84. The summed E-state index contributed by atoms with van der Waals surface area (Å²) >= 11 is 0. The van der Waals surface area contributed by atoms with Gasteiger partial charge in [0.2, 0.25) is 5.91 Å². The van der Waals surface area contributed by atoms with Gasteiger partial charge < -0.3 is 24.6 Å². The van der Waals surface area contributed by atoms with Crippen molar-refractivity contribution in [1.82, 2.24) is 0 Å². The molecule has 1 spiro atoms. The number of carboxylic acids is 1. The molecule has 1 amide bonds. The zero-order valence-corrected chi connectivity index (χ0v) is 12.7. The van der Waals surface area contributed by atoms with Crippen molar-refractivity contribution in [2.24, 2.45) is 0 Å². The van der Waals surface area contributed by atoms with Gasteiger partial charge in [-0.15, -0.1) is 0 Å². The molecule has 0 saturated heterocycles. The quantitative estimate of drug-likeness (QED) is 0.863. The van der Waals surface area contributed by atoms with Gasteiger partial charge in [-0.25, -0.2) is 4.79 Å². The number of benzene rings is 1. The van der Waals surface area contributed by atoms with E-state index in [4.69, 9.17) is 19.3 Å². The van der Waals surface area contributed by atoms with Crippen LogP contribution in [0.2, 0.25) is 0 Å². The molecule has 0 bridgehead atoms. The number of aliphatic carboxylic acids is 1. The fourth-order valence-corrected chi connectivity index (χ4v) is 2.89. The molecule has 1 aromatic carbocycles. The van der Waals surface area contributed by atoms with Crippen LogP contribution < -0.4 is 14.8 Å². The molecule has 1 fully saturated rings. The Kier molecular flexibility index (Phi) is 4.38. The zero-order valence-electron chi connectivity index (χ0n) is 12.7. The maximum Gasteiger partial charge on any atom is 0.329 e. The van der Waals surface area contributed by atoms with Crippen LogP contribution >= 0.6 is 0 Å². The first-order chi connectivity index (χ1) is 11.1. The van der Waals surface area contributed by atoms with Crippen LogP contribution in [0.4, 0.5) is 5.69 Å². The summed E-state index contributed by atoms with van der Waals surface area (Å²) in [5.74, 6) is -0.771. The first-order valence-electron chi connectivity index (χ1n) is 7.68. The summed E-state index contributed by atoms with van der Waals surface area (Å²) in [5.41, 5.74) is 0.559. The van der Waals surface area contributed by atoms with Crippen LogP contribution in [0.5, 0.6) is 11.5 Å². The van der Waals surface area contributed by atoms with Crippen LogP contribution in [-0.2, 0) is 14.3 Å². The minimum atomic E-state index is -1.11. The highest BCUT2D eigenvalue weighted by Gasteiger charge is 2.42. The van der Waals surface area contributed by atoms with E-state index < -0.39 is 24.3 Å². The van der Waals surface area contributed by atoms with Gasteiger partial charge in [-0.3, -0.25) is 4.79 Å². The van der Waals surface area contributed by atoms with Crippen LogP contribution in [0.25, 0.3) is 0 Å². The van der Waals surface area contributed by atoms with E-state index in [-0.39, 0.29) is 6.61 Å². The van der Waals surface area contributed by atoms with Gasteiger partial charge >= 0.3 is 5.97 Å². The van der Waals surface area contributed by atoms with Crippen molar-refractivity contribution < 1.29 is 28.9 Å². The first kappa shape index (κ1) is 15.6. The predicted molar refractivity (Wildman–Crippen MR) is 80.6 cm³/mol. The van der Waals surface area contributed by atoms with E-state index in [2.05, 4.69) is 5.32 Å². The highest BCUT2D eigenvalue weighted by Crippen LogP contribution is 2.46. The summed E-state index contributed by atoms with van der Waals surface area (Å²) in [4.78, 5) is 22.0. The van der Waals surface area contributed by atoms with Gasteiger partial charge in [0.15, 0.2) is 11.5 Å². The van der Waals surface area contributed by atoms with Gasteiger partial charge in [0.05, 0.1) is 0 Å². The van der Waals surface area contributed by atoms with E-state index in [0.717, 1.165) is 25.7 Å². The van der Waals surface area contributed by atoms with Crippen LogP contribution in [0.3, 0.4) is 0 Å². The van der Waals surface area contributed by atoms with E-state index in [1.165, 1.54) is 6.42 Å². The maximum absolute atomic E-state index is 11.7. The van der Waals surface area contributed by atoms with Crippen LogP contribution in [0.1, 0.15) is 32.1 Å². The third-order valence-electron chi connectivity index (χ3n) is 3.89. The zero-order chi connectivity index (χ0) is 16.3. The summed E-state index contributed by atoms with van der Waals surface area (Å²) in [6.07, 6.45) is 5.10. The lowest BCUT2D eigenvalue weighted by atomic mass is 9.94. The van der Waals surface area contributed by atoms with E-state index in [0.29, 0.717) is 17.2 Å². The van der Waals surface area contributed by atoms with Crippen LogP contribution in [0.15, 0.2) is 18.2 Å². The Morgan fingerprint density at radius 1 is 1.13 bits per heavy atom. The molecule has 2 N–H and O–H groups in total. The Morgan fingerprint density at radius 3 is 2.61 bits per heavy atom. The molecule has 1 aliphatic heterocycles. The number of hydrogen-bond acceptors (Lipinski definition) is 5. The van der Waals surface area contributed by atoms with Gasteiger partial charge in [0.1, 0.15) is 13.2 Å². The standard InChI is InChI=1S/C16H19NO6/c18-14(9-21-10-15(19)20)17-11-4-5-12-13(8-11)23-16(22-12)6-2-1-3-7-16/h4-5,8H,1-3,6-7,9-10H2,(H,17,18)(H,19,20). The number of amides is 1. The van der Waals surface area contributed by atoms with Crippen LogP contribution in [0, 0.1) is 0 Å². The molecule has 0 atom stereocenters. The van der Waals surface area contributed by atoms with Crippen molar-refractivity contribution in [1.29, 1.82) is 0 Å². The third-order valence-corrected chi connectivity index (χ3v) is 3.89. The Morgan fingerprint density at radius 2 is 1.87 bits per heavy atom. The molecule has 2 aliphatic rings. The van der Waals surface area contributed by atoms with Crippen molar-refractivity contribution in [2.45, 2.75) is 37.9 Å². The highest BCUT2D eigenvalue weighted by molar-refractivity contribution is 5.92. The largest absolute Gasteiger partial charge is 0.480 e. The molecule has 0 radical (unpaired) electrons. The number of ether oxygens (including phenoxy) is 3. The fraction of sp³-hybridized carbons (Fsp3) is 0.500. The second-order valence-corrected chi connectivity index (χ2v) is 5.77. The molecule has 23 heavy (non-hydrogen) atoms. The summed E-state index contributed by atoms with van der Waals surface area (Å²) in [5, 5.41) is 11.1. The summed E-state index contributed by atoms with van der Waals surface area (Å²) < 4.78 is 16.7. The lowest BCUT2D eigenvalue weighted by molar-refractivity contribution is -0.143. The van der Waals surface area contributed by atoms with E-state index >= 15 is 0 Å². The highest BCUT2D eigenvalue weighted by atomic mass is 16.7. The number of fused-ring (bicyclic) bond motifs is 1. The lowest BCUT2D eigenvalue weighted by Gasteiger charge is -2.31. The number of carbonyl (C=O) groups is 2. The van der Waals surface area contributed by atoms with Gasteiger partial charge in [0, 0.05) is 24.6 Å². The molecule has 0 aromatic heterocycles. The molecule has 1 aliphatic carbocycles. The van der Waals surface area contributed by atoms with Gasteiger partial charge in [-0.05, 0) is 25.0 Å². The molecular formula is C16H19NO6. The Hall–Kier alpha value is -2.28. The minimum absolute atomic E-state index is 0.315. The molecule has 1 aromatic rings. The SMILES string of the molecule is O=C(O)COCC(=O)Nc1ccc2c(c1)OC1(CCCCC1)O2. The Bertz CT molecular complexity index is 609. The number of carbonyl (C=O) groups excluding carboxylic acids is 1. The van der Waals surface area contributed by atoms with Crippen molar-refractivity contribution in [3.63, 3.8) is 0 Å². The lowest BCUT2D eigenvalue weighted by Crippen LogP contribution is -2.40. The number of carboxylic acid groups (broad SMARTS) is 1. The van der Waals surface area contributed by atoms with Crippen molar-refractivity contribution in [2.75, 3.05) is 18.5 Å². The molecule has 0 unspecified atom stereocenters. The summed E-state index contributed by atoms with van der Waals surface area (Å²) in [6.45, 7) is -0.818. The van der Waals surface area contributed by atoms with Crippen LogP contribution in [-0.4, -0.2) is 36.0 Å². The topological polar surface area (TPSA) is 94.1 Å². The predicted octanol–water partition coefficient (Wildman–Crippen LogP) is 2.16. The fourth-order valence-electron chi connectivity index (χ4n) is 2.89. The second-order valence-electron chi connectivity index (χ2n) is 5.77. The van der Waals surface area contributed by atoms with Gasteiger partial charge in [-0.2, -0.15) is 0 Å². The molecule has 3 rings (SSSR count). The minimum Gasteiger partial charge on any atom is -0.480 e. The third kappa shape index (κ3) is 3.73. The number of nitrogens with one attached hydrogen (secondary N) is 1. The van der Waals surface area contributed by atoms with Crippen molar-refractivity contribution in [3.8, 4) is 11.5 Å². The van der Waals surface area contributed by atoms with E-state index in [1.54, 1.807) is 18.2 Å². The number of hydrogen-bond donors (Lipinski definition) is 2. The second kappa shape index (κ2) is 6.45. The van der Waals surface area contributed by atoms with Gasteiger partial charge in [0.25, 0.3) is 5.79 Å². The first-order valence-corrected chi connectivity index (χ1v) is 7.68. The normalized spacial score (nSPS) is 17.9. The molecule has 7 heteroatoms. The van der Waals surface area contributed by atoms with Gasteiger partial charge in [-0.1, -0.05) is 6.42 Å². The molecule has 1 saturated carbocycles. The molecule has 124 valence electrons. The Labute approximate surface area is 133 Å². The number of rotatable bonds is 5. The van der Waals surface area contributed by atoms with Crippen molar-refractivity contribution >= 4 is 17.6 Å². The molecular weight excluding hydrogens is 302 g/mol. The molecule has 7 nitrogen and oxygen atoms in total. The van der Waals surface area contributed by atoms with E-state index in [1.807, 2.05) is 0 Å². The summed E-state index contributed by atoms with van der Waals surface area (Å²) in [6, 6.07) is 5.21. The monoisotopic (exact) mass is 321 g/mol. The number of anilines is 1. The van der Waals surface area contributed by atoms with Crippen molar-refractivity contribution in [3.05, 3.63) is 18.2 Å². The molecule has 1 heterocycles. The van der Waals surface area contributed by atoms with E-state index in [9.17, 15) is 9.59 Å².